The number of rotatable bonds is 1. The van der Waals surface area contributed by atoms with Crippen LogP contribution in [0.15, 0.2) is 4.47 Å². The van der Waals surface area contributed by atoms with Crippen LogP contribution in [0.1, 0.15) is 63.9 Å². The van der Waals surface area contributed by atoms with E-state index < -0.39 is 0 Å². The van der Waals surface area contributed by atoms with Crippen molar-refractivity contribution in [1.29, 1.82) is 0 Å². The maximum atomic E-state index is 5.46. The van der Waals surface area contributed by atoms with Crippen molar-refractivity contribution in [2.45, 2.75) is 64.7 Å². The molecule has 0 amide bonds. The van der Waals surface area contributed by atoms with E-state index >= 15 is 0 Å². The number of halogens is 1. The monoisotopic (exact) mass is 366 g/mol. The zero-order chi connectivity index (χ0) is 15.0. The molecule has 4 heteroatoms. The Morgan fingerprint density at radius 3 is 2.29 bits per heavy atom. The Kier molecular flexibility index (Phi) is 2.87. The van der Waals surface area contributed by atoms with E-state index in [-0.39, 0.29) is 5.41 Å². The Bertz CT molecular complexity index is 662. The average Bonchev–Trinajstić information content (AvgIpc) is 2.30. The summed E-state index contributed by atoms with van der Waals surface area (Å²) < 4.78 is 1.66. The highest BCUT2D eigenvalue weighted by atomic mass is 79.9. The largest absolute Gasteiger partial charge is 0.346 e. The van der Waals surface area contributed by atoms with Gasteiger partial charge in [-0.05, 0) is 78.1 Å². The molecule has 21 heavy (non-hydrogen) atoms. The van der Waals surface area contributed by atoms with Crippen LogP contribution in [0, 0.1) is 28.3 Å². The minimum absolute atomic E-state index is 0.238. The maximum absolute atomic E-state index is 5.46. The second kappa shape index (κ2) is 4.19. The number of aryl methyl sites for hydroxylation is 1. The molecule has 4 bridgehead atoms. The second-order valence-electron chi connectivity index (χ2n) is 8.74. The third-order valence-electron chi connectivity index (χ3n) is 6.16. The number of H-pyrrole nitrogens is 1. The molecule has 1 N–H and O–H groups in total. The third kappa shape index (κ3) is 2.08. The Morgan fingerprint density at radius 2 is 1.76 bits per heavy atom. The van der Waals surface area contributed by atoms with E-state index in [4.69, 9.17) is 17.2 Å². The summed E-state index contributed by atoms with van der Waals surface area (Å²) in [4.78, 5) is 8.38. The van der Waals surface area contributed by atoms with Crippen molar-refractivity contribution < 1.29 is 0 Å². The van der Waals surface area contributed by atoms with Gasteiger partial charge in [-0.2, -0.15) is 0 Å². The lowest BCUT2D eigenvalue weighted by Gasteiger charge is -2.65. The van der Waals surface area contributed by atoms with Crippen LogP contribution in [0.25, 0.3) is 0 Å². The first-order valence-electron chi connectivity index (χ1n) is 8.00. The standard InChI is InChI=1S/C17H23BrN2S/c1-10-12(18)13(21)20-14(19-10)17-6-11-4-15(2,8-17)7-16(3,5-11)9-17/h11H,4-9H2,1-3H3,(H,19,20,21). The molecule has 4 aliphatic carbocycles. The van der Waals surface area contributed by atoms with E-state index in [1.807, 2.05) is 0 Å². The van der Waals surface area contributed by atoms with Gasteiger partial charge in [-0.3, -0.25) is 0 Å². The molecule has 2 atom stereocenters. The van der Waals surface area contributed by atoms with Crippen molar-refractivity contribution in [2.75, 3.05) is 0 Å². The van der Waals surface area contributed by atoms with Crippen LogP contribution < -0.4 is 0 Å². The van der Waals surface area contributed by atoms with Crippen LogP contribution in [-0.4, -0.2) is 9.97 Å². The molecular weight excluding hydrogens is 344 g/mol. The van der Waals surface area contributed by atoms with Gasteiger partial charge < -0.3 is 4.98 Å². The molecule has 4 fully saturated rings. The smallest absolute Gasteiger partial charge is 0.144 e. The lowest BCUT2D eigenvalue weighted by atomic mass is 9.40. The first-order chi connectivity index (χ1) is 9.73. The topological polar surface area (TPSA) is 28.7 Å². The summed E-state index contributed by atoms with van der Waals surface area (Å²) in [5.74, 6) is 2.04. The van der Waals surface area contributed by atoms with Gasteiger partial charge in [0, 0.05) is 11.1 Å². The van der Waals surface area contributed by atoms with Crippen LogP contribution in [0.3, 0.4) is 0 Å². The first kappa shape index (κ1) is 14.4. The summed E-state index contributed by atoms with van der Waals surface area (Å²) in [6, 6.07) is 0. The Morgan fingerprint density at radius 1 is 1.14 bits per heavy atom. The highest BCUT2D eigenvalue weighted by Gasteiger charge is 2.61. The van der Waals surface area contributed by atoms with E-state index in [1.54, 1.807) is 0 Å². The fourth-order valence-electron chi connectivity index (χ4n) is 6.53. The average molecular weight is 367 g/mol. The van der Waals surface area contributed by atoms with Crippen LogP contribution in [0.5, 0.6) is 0 Å². The summed E-state index contributed by atoms with van der Waals surface area (Å²) in [6.45, 7) is 7.10. The third-order valence-corrected chi connectivity index (χ3v) is 7.69. The van der Waals surface area contributed by atoms with Crippen molar-refractivity contribution in [3.05, 3.63) is 20.6 Å². The summed E-state index contributed by atoms with van der Waals surface area (Å²) in [7, 11) is 0. The normalized spacial score (nSPS) is 44.3. The maximum Gasteiger partial charge on any atom is 0.144 e. The molecule has 0 spiro atoms. The molecule has 2 unspecified atom stereocenters. The van der Waals surface area contributed by atoms with Gasteiger partial charge in [0.1, 0.15) is 10.5 Å². The molecule has 0 aromatic carbocycles. The predicted molar refractivity (Wildman–Crippen MR) is 90.9 cm³/mol. The fourth-order valence-corrected chi connectivity index (χ4v) is 6.97. The molecule has 2 nitrogen and oxygen atoms in total. The van der Waals surface area contributed by atoms with Crippen molar-refractivity contribution in [1.82, 2.24) is 9.97 Å². The van der Waals surface area contributed by atoms with Crippen molar-refractivity contribution in [3.63, 3.8) is 0 Å². The van der Waals surface area contributed by atoms with E-state index in [9.17, 15) is 0 Å². The minimum Gasteiger partial charge on any atom is -0.346 e. The fraction of sp³-hybridized carbons (Fsp3) is 0.765. The Balaban J connectivity index is 1.86. The summed E-state index contributed by atoms with van der Waals surface area (Å²) in [6.07, 6.45) is 8.10. The summed E-state index contributed by atoms with van der Waals surface area (Å²) in [5.41, 5.74) is 2.37. The Labute approximate surface area is 140 Å². The quantitative estimate of drug-likeness (QED) is 0.668. The molecular formula is C17H23BrN2S. The van der Waals surface area contributed by atoms with Crippen molar-refractivity contribution >= 4 is 28.1 Å². The minimum atomic E-state index is 0.238. The number of nitrogens with zero attached hydrogens (tertiary/aromatic N) is 1. The zero-order valence-corrected chi connectivity index (χ0v) is 15.5. The zero-order valence-electron chi connectivity index (χ0n) is 13.1. The van der Waals surface area contributed by atoms with Crippen LogP contribution in [0.4, 0.5) is 0 Å². The summed E-state index contributed by atoms with van der Waals surface area (Å²) in [5, 5.41) is 0. The van der Waals surface area contributed by atoms with E-state index in [2.05, 4.69) is 41.7 Å². The predicted octanol–water partition coefficient (Wildman–Crippen LogP) is 5.46. The molecule has 4 aliphatic rings. The number of nitrogens with one attached hydrogen (secondary N) is 1. The lowest BCUT2D eigenvalue weighted by Crippen LogP contribution is -2.57. The number of aromatic nitrogens is 2. The molecule has 1 aromatic rings. The van der Waals surface area contributed by atoms with Crippen LogP contribution in [-0.2, 0) is 5.41 Å². The second-order valence-corrected chi connectivity index (χ2v) is 9.92. The number of hydrogen-bond acceptors (Lipinski definition) is 2. The van der Waals surface area contributed by atoms with E-state index in [0.717, 1.165) is 21.9 Å². The molecule has 0 radical (unpaired) electrons. The molecule has 1 heterocycles. The van der Waals surface area contributed by atoms with E-state index in [0.29, 0.717) is 15.5 Å². The van der Waals surface area contributed by atoms with Gasteiger partial charge in [-0.25, -0.2) is 4.98 Å². The van der Waals surface area contributed by atoms with Crippen molar-refractivity contribution in [2.24, 2.45) is 16.7 Å². The molecule has 114 valence electrons. The van der Waals surface area contributed by atoms with E-state index in [1.165, 1.54) is 38.5 Å². The molecule has 0 saturated heterocycles. The highest BCUT2D eigenvalue weighted by Crippen LogP contribution is 2.69. The SMILES string of the molecule is Cc1[nH]c(C23CC4CC(C)(CC(C)(C4)C2)C3)nc(=S)c1Br. The molecule has 0 aliphatic heterocycles. The molecule has 4 saturated carbocycles. The van der Waals surface area contributed by atoms with Gasteiger partial charge in [0.15, 0.2) is 0 Å². The number of aromatic amines is 1. The van der Waals surface area contributed by atoms with Crippen LogP contribution >= 0.6 is 28.1 Å². The Hall–Kier alpha value is -0.220. The van der Waals surface area contributed by atoms with Crippen LogP contribution in [0.2, 0.25) is 0 Å². The summed E-state index contributed by atoms with van der Waals surface area (Å²) >= 11 is 9.01. The van der Waals surface area contributed by atoms with Gasteiger partial charge in [-0.1, -0.05) is 26.1 Å². The lowest BCUT2D eigenvalue weighted by molar-refractivity contribution is -0.112. The van der Waals surface area contributed by atoms with Gasteiger partial charge in [0.25, 0.3) is 0 Å². The number of hydrogen-bond donors (Lipinski definition) is 1. The van der Waals surface area contributed by atoms with Gasteiger partial charge in [0.05, 0.1) is 4.47 Å². The molecule has 1 aromatic heterocycles. The first-order valence-corrected chi connectivity index (χ1v) is 9.20. The van der Waals surface area contributed by atoms with Gasteiger partial charge in [-0.15, -0.1) is 0 Å². The van der Waals surface area contributed by atoms with Crippen molar-refractivity contribution in [3.8, 4) is 0 Å². The van der Waals surface area contributed by atoms with Gasteiger partial charge in [0.2, 0.25) is 0 Å². The highest BCUT2D eigenvalue weighted by molar-refractivity contribution is 9.10. The van der Waals surface area contributed by atoms with Gasteiger partial charge >= 0.3 is 0 Å². The molecule has 5 rings (SSSR count).